The molecule has 1 amide bonds. The fourth-order valence-electron chi connectivity index (χ4n) is 1.95. The van der Waals surface area contributed by atoms with Crippen molar-refractivity contribution in [2.45, 2.75) is 26.3 Å². The zero-order valence-corrected chi connectivity index (χ0v) is 13.4. The molecule has 0 saturated heterocycles. The van der Waals surface area contributed by atoms with E-state index in [0.29, 0.717) is 11.3 Å². The molecule has 122 valence electrons. The number of carboxylic acid groups (broad SMARTS) is 1. The summed E-state index contributed by atoms with van der Waals surface area (Å²) in [5.41, 5.74) is 0.00983. The zero-order valence-electron chi connectivity index (χ0n) is 13.4. The number of aliphatic carboxylic acids is 1. The van der Waals surface area contributed by atoms with Crippen molar-refractivity contribution in [3.05, 3.63) is 47.5 Å². The molecular formula is C16H18FN3O3. The fourth-order valence-corrected chi connectivity index (χ4v) is 1.95. The summed E-state index contributed by atoms with van der Waals surface area (Å²) in [6, 6.07) is 5.68. The van der Waals surface area contributed by atoms with Crippen LogP contribution in [0.1, 0.15) is 29.9 Å². The van der Waals surface area contributed by atoms with E-state index in [1.807, 2.05) is 0 Å². The highest BCUT2D eigenvalue weighted by molar-refractivity contribution is 5.97. The van der Waals surface area contributed by atoms with Gasteiger partial charge in [0.2, 0.25) is 0 Å². The topological polar surface area (TPSA) is 75.4 Å². The third-order valence-corrected chi connectivity index (χ3v) is 3.86. The molecule has 2 rings (SSSR count). The second kappa shape index (κ2) is 5.83. The van der Waals surface area contributed by atoms with Gasteiger partial charge in [0, 0.05) is 18.8 Å². The van der Waals surface area contributed by atoms with E-state index in [9.17, 15) is 19.1 Å². The van der Waals surface area contributed by atoms with Crippen LogP contribution in [0, 0.1) is 12.7 Å². The van der Waals surface area contributed by atoms with Gasteiger partial charge < -0.3 is 10.0 Å². The summed E-state index contributed by atoms with van der Waals surface area (Å²) in [7, 11) is 1.42. The molecule has 0 aliphatic heterocycles. The SMILES string of the molecule is Cc1cn(-c2ccc(F)cc2)nc1C(=O)N(C)C(C)(C)C(=O)O. The van der Waals surface area contributed by atoms with Crippen LogP contribution >= 0.6 is 0 Å². The summed E-state index contributed by atoms with van der Waals surface area (Å²) in [6.45, 7) is 4.60. The first-order valence-electron chi connectivity index (χ1n) is 6.98. The molecule has 0 fully saturated rings. The van der Waals surface area contributed by atoms with Crippen molar-refractivity contribution in [2.24, 2.45) is 0 Å². The largest absolute Gasteiger partial charge is 0.480 e. The summed E-state index contributed by atoms with van der Waals surface area (Å²) in [5, 5.41) is 13.4. The summed E-state index contributed by atoms with van der Waals surface area (Å²) >= 11 is 0. The normalized spacial score (nSPS) is 11.3. The van der Waals surface area contributed by atoms with Gasteiger partial charge in [0.25, 0.3) is 5.91 Å². The number of hydrogen-bond acceptors (Lipinski definition) is 3. The van der Waals surface area contributed by atoms with Crippen LogP contribution in [0.25, 0.3) is 5.69 Å². The lowest BCUT2D eigenvalue weighted by Gasteiger charge is -2.31. The van der Waals surface area contributed by atoms with Crippen molar-refractivity contribution >= 4 is 11.9 Å². The van der Waals surface area contributed by atoms with Crippen molar-refractivity contribution in [3.63, 3.8) is 0 Å². The van der Waals surface area contributed by atoms with Gasteiger partial charge in [-0.15, -0.1) is 0 Å². The Labute approximate surface area is 133 Å². The molecule has 1 aromatic heterocycles. The lowest BCUT2D eigenvalue weighted by Crippen LogP contribution is -2.51. The maximum absolute atomic E-state index is 13.0. The molecule has 2 aromatic rings. The highest BCUT2D eigenvalue weighted by Crippen LogP contribution is 2.19. The Morgan fingerprint density at radius 3 is 2.35 bits per heavy atom. The van der Waals surface area contributed by atoms with Gasteiger partial charge in [0.1, 0.15) is 11.4 Å². The number of likely N-dealkylation sites (N-methyl/N-ethyl adjacent to an activating group) is 1. The molecule has 0 saturated carbocycles. The second-order valence-corrected chi connectivity index (χ2v) is 5.81. The Hall–Kier alpha value is -2.70. The van der Waals surface area contributed by atoms with Gasteiger partial charge in [-0.25, -0.2) is 13.9 Å². The molecule has 0 aliphatic rings. The predicted octanol–water partition coefficient (Wildman–Crippen LogP) is 2.26. The molecule has 0 unspecified atom stereocenters. The van der Waals surface area contributed by atoms with Crippen molar-refractivity contribution in [2.75, 3.05) is 7.05 Å². The minimum absolute atomic E-state index is 0.158. The minimum Gasteiger partial charge on any atom is -0.480 e. The number of amides is 1. The number of rotatable bonds is 4. The maximum atomic E-state index is 13.0. The number of benzene rings is 1. The van der Waals surface area contributed by atoms with Gasteiger partial charge in [-0.1, -0.05) is 0 Å². The highest BCUT2D eigenvalue weighted by Gasteiger charge is 2.36. The Morgan fingerprint density at radius 1 is 1.26 bits per heavy atom. The summed E-state index contributed by atoms with van der Waals surface area (Å²) in [5.74, 6) is -1.96. The van der Waals surface area contributed by atoms with E-state index in [-0.39, 0.29) is 11.5 Å². The van der Waals surface area contributed by atoms with Crippen LogP contribution in [0.5, 0.6) is 0 Å². The van der Waals surface area contributed by atoms with E-state index in [2.05, 4.69) is 5.10 Å². The first kappa shape index (κ1) is 16.7. The molecule has 0 radical (unpaired) electrons. The molecule has 1 heterocycles. The molecule has 6 nitrogen and oxygen atoms in total. The van der Waals surface area contributed by atoms with Crippen molar-refractivity contribution in [1.29, 1.82) is 0 Å². The van der Waals surface area contributed by atoms with Crippen LogP contribution < -0.4 is 0 Å². The Morgan fingerprint density at radius 2 is 1.83 bits per heavy atom. The maximum Gasteiger partial charge on any atom is 0.329 e. The smallest absolute Gasteiger partial charge is 0.329 e. The Balaban J connectivity index is 2.36. The highest BCUT2D eigenvalue weighted by atomic mass is 19.1. The van der Waals surface area contributed by atoms with Crippen LogP contribution in [0.4, 0.5) is 4.39 Å². The quantitative estimate of drug-likeness (QED) is 0.938. The number of carbonyl (C=O) groups excluding carboxylic acids is 1. The van der Waals surface area contributed by atoms with E-state index in [4.69, 9.17) is 0 Å². The average molecular weight is 319 g/mol. The Bertz CT molecular complexity index is 750. The van der Waals surface area contributed by atoms with Gasteiger partial charge in [0.05, 0.1) is 5.69 Å². The molecular weight excluding hydrogens is 301 g/mol. The summed E-state index contributed by atoms with van der Waals surface area (Å²) in [4.78, 5) is 25.0. The first-order chi connectivity index (χ1) is 10.6. The number of halogens is 1. The van der Waals surface area contributed by atoms with Crippen LogP contribution in [-0.4, -0.2) is 44.3 Å². The predicted molar refractivity (Wildman–Crippen MR) is 82.1 cm³/mol. The fraction of sp³-hybridized carbons (Fsp3) is 0.312. The zero-order chi connectivity index (χ0) is 17.4. The van der Waals surface area contributed by atoms with Crippen LogP contribution in [0.2, 0.25) is 0 Å². The van der Waals surface area contributed by atoms with Crippen molar-refractivity contribution in [3.8, 4) is 5.69 Å². The van der Waals surface area contributed by atoms with Gasteiger partial charge in [-0.2, -0.15) is 5.10 Å². The summed E-state index contributed by atoms with van der Waals surface area (Å²) in [6.07, 6.45) is 1.64. The molecule has 0 bridgehead atoms. The third kappa shape index (κ3) is 3.08. The molecule has 0 atom stereocenters. The van der Waals surface area contributed by atoms with E-state index >= 15 is 0 Å². The Kier molecular flexibility index (Phi) is 4.22. The first-order valence-corrected chi connectivity index (χ1v) is 6.98. The second-order valence-electron chi connectivity index (χ2n) is 5.81. The van der Waals surface area contributed by atoms with E-state index in [0.717, 1.165) is 4.90 Å². The molecule has 1 aromatic carbocycles. The van der Waals surface area contributed by atoms with Crippen LogP contribution in [-0.2, 0) is 4.79 Å². The van der Waals surface area contributed by atoms with E-state index in [1.54, 1.807) is 25.3 Å². The number of carbonyl (C=O) groups is 2. The lowest BCUT2D eigenvalue weighted by molar-refractivity contribution is -0.147. The standard InChI is InChI=1S/C16H18FN3O3/c1-10-9-20(12-7-5-11(17)6-8-12)18-13(10)14(21)19(4)16(2,3)15(22)23/h5-9H,1-4H3,(H,22,23). The number of aryl methyl sites for hydroxylation is 1. The van der Waals surface area contributed by atoms with Crippen molar-refractivity contribution < 1.29 is 19.1 Å². The minimum atomic E-state index is -1.36. The molecule has 0 aliphatic carbocycles. The van der Waals surface area contributed by atoms with Crippen molar-refractivity contribution in [1.82, 2.24) is 14.7 Å². The van der Waals surface area contributed by atoms with Gasteiger partial charge in [-0.3, -0.25) is 4.79 Å². The third-order valence-electron chi connectivity index (χ3n) is 3.86. The monoisotopic (exact) mass is 319 g/mol. The molecule has 7 heteroatoms. The summed E-state index contributed by atoms with van der Waals surface area (Å²) < 4.78 is 14.4. The van der Waals surface area contributed by atoms with Crippen LogP contribution in [0.3, 0.4) is 0 Å². The van der Waals surface area contributed by atoms with Crippen LogP contribution in [0.15, 0.2) is 30.5 Å². The number of nitrogens with zero attached hydrogens (tertiary/aromatic N) is 3. The van der Waals surface area contributed by atoms with E-state index in [1.165, 1.54) is 37.7 Å². The average Bonchev–Trinajstić information content (AvgIpc) is 2.88. The number of aromatic nitrogens is 2. The molecule has 23 heavy (non-hydrogen) atoms. The van der Waals surface area contributed by atoms with E-state index < -0.39 is 17.4 Å². The lowest BCUT2D eigenvalue weighted by atomic mass is 10.0. The number of carboxylic acids is 1. The van der Waals surface area contributed by atoms with Gasteiger partial charge >= 0.3 is 5.97 Å². The van der Waals surface area contributed by atoms with Gasteiger partial charge in [-0.05, 0) is 45.0 Å². The van der Waals surface area contributed by atoms with Gasteiger partial charge in [0.15, 0.2) is 5.69 Å². The molecule has 1 N–H and O–H groups in total. The number of hydrogen-bond donors (Lipinski definition) is 1. The molecule has 0 spiro atoms.